The quantitative estimate of drug-likeness (QED) is 0.814. The number of aromatic nitrogens is 4. The Hall–Kier alpha value is -1.46. The molecule has 0 unspecified atom stereocenters. The number of rotatable bonds is 6. The molecule has 2 aromatic rings. The van der Waals surface area contributed by atoms with Crippen LogP contribution in [0.15, 0.2) is 24.3 Å². The molecular formula is C13H18ClN5. The lowest BCUT2D eigenvalue weighted by molar-refractivity contribution is 0.302. The van der Waals surface area contributed by atoms with Crippen LogP contribution in [0, 0.1) is 0 Å². The smallest absolute Gasteiger partial charge is 0.165 e. The van der Waals surface area contributed by atoms with Crippen molar-refractivity contribution < 1.29 is 0 Å². The van der Waals surface area contributed by atoms with Crippen LogP contribution in [0.5, 0.6) is 0 Å². The SMILES string of the molecule is CCCn1nnnc1CN(C)Cc1ccc(Cl)cc1. The van der Waals surface area contributed by atoms with E-state index >= 15 is 0 Å². The third kappa shape index (κ3) is 4.01. The molecule has 5 nitrogen and oxygen atoms in total. The Kier molecular flexibility index (Phi) is 4.87. The van der Waals surface area contributed by atoms with Gasteiger partial charge in [0.2, 0.25) is 0 Å². The summed E-state index contributed by atoms with van der Waals surface area (Å²) in [7, 11) is 2.06. The molecule has 0 radical (unpaired) electrons. The Morgan fingerprint density at radius 1 is 1.21 bits per heavy atom. The average Bonchev–Trinajstić information content (AvgIpc) is 2.80. The molecule has 0 fully saturated rings. The summed E-state index contributed by atoms with van der Waals surface area (Å²) in [5.41, 5.74) is 1.22. The third-order valence-electron chi connectivity index (χ3n) is 2.82. The minimum atomic E-state index is 0.732. The molecule has 0 aliphatic carbocycles. The Morgan fingerprint density at radius 3 is 2.63 bits per heavy atom. The first kappa shape index (κ1) is 14.0. The van der Waals surface area contributed by atoms with Crippen LogP contribution in [0.1, 0.15) is 24.7 Å². The fourth-order valence-corrected chi connectivity index (χ4v) is 2.05. The average molecular weight is 280 g/mol. The number of halogens is 1. The molecule has 2 rings (SSSR count). The molecule has 1 aromatic heterocycles. The molecule has 0 N–H and O–H groups in total. The Balaban J connectivity index is 1.95. The summed E-state index contributed by atoms with van der Waals surface area (Å²) in [5, 5.41) is 12.6. The van der Waals surface area contributed by atoms with Crippen molar-refractivity contribution in [2.24, 2.45) is 0 Å². The van der Waals surface area contributed by atoms with Gasteiger partial charge < -0.3 is 0 Å². The highest BCUT2D eigenvalue weighted by Crippen LogP contribution is 2.11. The minimum absolute atomic E-state index is 0.732. The van der Waals surface area contributed by atoms with Crippen molar-refractivity contribution in [3.05, 3.63) is 40.7 Å². The van der Waals surface area contributed by atoms with Gasteiger partial charge in [-0.05, 0) is 41.6 Å². The first-order valence-corrected chi connectivity index (χ1v) is 6.75. The summed E-state index contributed by atoms with van der Waals surface area (Å²) >= 11 is 5.88. The molecule has 0 spiro atoms. The lowest BCUT2D eigenvalue weighted by Crippen LogP contribution is -2.20. The summed E-state index contributed by atoms with van der Waals surface area (Å²) in [6.45, 7) is 4.55. The van der Waals surface area contributed by atoms with Gasteiger partial charge in [-0.1, -0.05) is 30.7 Å². The molecule has 0 saturated heterocycles. The van der Waals surface area contributed by atoms with E-state index in [1.165, 1.54) is 5.56 Å². The number of benzene rings is 1. The van der Waals surface area contributed by atoms with Crippen LogP contribution in [-0.4, -0.2) is 32.2 Å². The fraction of sp³-hybridized carbons (Fsp3) is 0.462. The predicted molar refractivity (Wildman–Crippen MR) is 74.7 cm³/mol. The van der Waals surface area contributed by atoms with Crippen LogP contribution >= 0.6 is 11.6 Å². The molecule has 6 heteroatoms. The fourth-order valence-electron chi connectivity index (χ4n) is 1.92. The zero-order chi connectivity index (χ0) is 13.7. The van der Waals surface area contributed by atoms with Crippen molar-refractivity contribution in [3.8, 4) is 0 Å². The van der Waals surface area contributed by atoms with E-state index in [0.717, 1.165) is 36.9 Å². The molecular weight excluding hydrogens is 262 g/mol. The van der Waals surface area contributed by atoms with E-state index in [2.05, 4.69) is 34.4 Å². The van der Waals surface area contributed by atoms with E-state index in [4.69, 9.17) is 11.6 Å². The van der Waals surface area contributed by atoms with Gasteiger partial charge in [0, 0.05) is 18.1 Å². The first-order valence-electron chi connectivity index (χ1n) is 6.37. The highest BCUT2D eigenvalue weighted by molar-refractivity contribution is 6.30. The van der Waals surface area contributed by atoms with Gasteiger partial charge in [-0.25, -0.2) is 4.68 Å². The van der Waals surface area contributed by atoms with Crippen LogP contribution in [0.4, 0.5) is 0 Å². The normalized spacial score (nSPS) is 11.2. The molecule has 0 aliphatic heterocycles. The minimum Gasteiger partial charge on any atom is -0.295 e. The maximum atomic E-state index is 5.88. The Morgan fingerprint density at radius 2 is 1.95 bits per heavy atom. The molecule has 1 heterocycles. The Labute approximate surface area is 118 Å². The van der Waals surface area contributed by atoms with Gasteiger partial charge >= 0.3 is 0 Å². The zero-order valence-electron chi connectivity index (χ0n) is 11.3. The van der Waals surface area contributed by atoms with Crippen molar-refractivity contribution in [2.45, 2.75) is 33.0 Å². The van der Waals surface area contributed by atoms with Crippen molar-refractivity contribution in [3.63, 3.8) is 0 Å². The monoisotopic (exact) mass is 279 g/mol. The molecule has 0 atom stereocenters. The lowest BCUT2D eigenvalue weighted by atomic mass is 10.2. The van der Waals surface area contributed by atoms with Crippen molar-refractivity contribution >= 4 is 11.6 Å². The van der Waals surface area contributed by atoms with Crippen molar-refractivity contribution in [1.29, 1.82) is 0 Å². The van der Waals surface area contributed by atoms with E-state index in [9.17, 15) is 0 Å². The predicted octanol–water partition coefficient (Wildman–Crippen LogP) is 2.37. The maximum Gasteiger partial charge on any atom is 0.165 e. The van der Waals surface area contributed by atoms with Crippen LogP contribution in [0.25, 0.3) is 0 Å². The second-order valence-electron chi connectivity index (χ2n) is 4.62. The number of nitrogens with zero attached hydrogens (tertiary/aromatic N) is 5. The highest BCUT2D eigenvalue weighted by Gasteiger charge is 2.09. The van der Waals surface area contributed by atoms with Crippen molar-refractivity contribution in [2.75, 3.05) is 7.05 Å². The second kappa shape index (κ2) is 6.63. The highest BCUT2D eigenvalue weighted by atomic mass is 35.5. The van der Waals surface area contributed by atoms with Crippen LogP contribution < -0.4 is 0 Å². The largest absolute Gasteiger partial charge is 0.295 e. The zero-order valence-corrected chi connectivity index (χ0v) is 12.0. The van der Waals surface area contributed by atoms with Crippen LogP contribution in [0.3, 0.4) is 0 Å². The van der Waals surface area contributed by atoms with E-state index in [-0.39, 0.29) is 0 Å². The summed E-state index contributed by atoms with van der Waals surface area (Å²) in [6.07, 6.45) is 1.03. The van der Waals surface area contributed by atoms with Gasteiger partial charge in [0.05, 0.1) is 6.54 Å². The van der Waals surface area contributed by atoms with E-state index in [1.54, 1.807) is 0 Å². The Bertz CT molecular complexity index is 508. The molecule has 0 amide bonds. The van der Waals surface area contributed by atoms with Crippen molar-refractivity contribution in [1.82, 2.24) is 25.1 Å². The summed E-state index contributed by atoms with van der Waals surface area (Å²) < 4.78 is 1.86. The summed E-state index contributed by atoms with van der Waals surface area (Å²) in [5.74, 6) is 0.901. The topological polar surface area (TPSA) is 46.8 Å². The number of tetrazole rings is 1. The van der Waals surface area contributed by atoms with Crippen LogP contribution in [0.2, 0.25) is 5.02 Å². The first-order chi connectivity index (χ1) is 9.19. The van der Waals surface area contributed by atoms with Gasteiger partial charge in [0.1, 0.15) is 0 Å². The summed E-state index contributed by atoms with van der Waals surface area (Å²) in [4.78, 5) is 2.18. The van der Waals surface area contributed by atoms with E-state index in [1.807, 2.05) is 28.9 Å². The maximum absolute atomic E-state index is 5.88. The van der Waals surface area contributed by atoms with Gasteiger partial charge in [-0.2, -0.15) is 0 Å². The molecule has 19 heavy (non-hydrogen) atoms. The molecule has 0 saturated carbocycles. The number of hydrogen-bond acceptors (Lipinski definition) is 4. The van der Waals surface area contributed by atoms with Gasteiger partial charge in [0.15, 0.2) is 5.82 Å². The molecule has 0 bridgehead atoms. The molecule has 1 aromatic carbocycles. The number of aryl methyl sites for hydroxylation is 1. The van der Waals surface area contributed by atoms with Gasteiger partial charge in [-0.3, -0.25) is 4.90 Å². The van der Waals surface area contributed by atoms with E-state index in [0.29, 0.717) is 0 Å². The van der Waals surface area contributed by atoms with Gasteiger partial charge in [0.25, 0.3) is 0 Å². The third-order valence-corrected chi connectivity index (χ3v) is 3.07. The standard InChI is InChI=1S/C13H18ClN5/c1-3-8-19-13(15-16-17-19)10-18(2)9-11-4-6-12(14)7-5-11/h4-7H,3,8-10H2,1-2H3. The number of hydrogen-bond donors (Lipinski definition) is 0. The summed E-state index contributed by atoms with van der Waals surface area (Å²) in [6, 6.07) is 7.89. The van der Waals surface area contributed by atoms with Crippen LogP contribution in [-0.2, 0) is 19.6 Å². The van der Waals surface area contributed by atoms with E-state index < -0.39 is 0 Å². The van der Waals surface area contributed by atoms with Gasteiger partial charge in [-0.15, -0.1) is 5.10 Å². The molecule has 102 valence electrons. The molecule has 0 aliphatic rings. The lowest BCUT2D eigenvalue weighted by Gasteiger charge is -2.16. The second-order valence-corrected chi connectivity index (χ2v) is 5.05.